The lowest BCUT2D eigenvalue weighted by atomic mass is 9.83. The van der Waals surface area contributed by atoms with E-state index in [-0.39, 0.29) is 0 Å². The number of hydrogen-bond donors (Lipinski definition) is 3. The number of aromatic nitrogens is 4. The van der Waals surface area contributed by atoms with Crippen LogP contribution in [-0.2, 0) is 43.3 Å². The van der Waals surface area contributed by atoms with Gasteiger partial charge in [0.15, 0.2) is 0 Å². The summed E-state index contributed by atoms with van der Waals surface area (Å²) in [6, 6.07) is 22.4. The van der Waals surface area contributed by atoms with Crippen LogP contribution in [0.1, 0.15) is 122 Å². The van der Waals surface area contributed by atoms with Crippen molar-refractivity contribution in [1.29, 1.82) is 0 Å². The number of aryl methyl sites for hydroxylation is 6. The molecule has 10 heteroatoms. The monoisotopic (exact) mass is 827 g/mol. The van der Waals surface area contributed by atoms with Crippen LogP contribution in [0.25, 0.3) is 20.4 Å². The van der Waals surface area contributed by atoms with Gasteiger partial charge in [0, 0.05) is 34.3 Å². The quantitative estimate of drug-likeness (QED) is 0.0824. The molecular weight excluding hydrogens is 767 g/mol. The number of fused-ring (bicyclic) bond motifs is 6. The van der Waals surface area contributed by atoms with E-state index in [1.807, 2.05) is 53.0 Å². The predicted octanol–water partition coefficient (Wildman–Crippen LogP) is 11.2. The molecule has 4 N–H and O–H groups in total. The molecule has 0 amide bonds. The highest BCUT2D eigenvalue weighted by Crippen LogP contribution is 2.41. The van der Waals surface area contributed by atoms with Gasteiger partial charge in [0.2, 0.25) is 0 Å². The van der Waals surface area contributed by atoms with E-state index >= 15 is 0 Å². The van der Waals surface area contributed by atoms with Crippen LogP contribution < -0.4 is 16.4 Å². The fourth-order valence-electron chi connectivity index (χ4n) is 9.60. The maximum absolute atomic E-state index is 9.98. The van der Waals surface area contributed by atoms with Crippen molar-refractivity contribution in [2.45, 2.75) is 147 Å². The van der Waals surface area contributed by atoms with Crippen LogP contribution >= 0.6 is 22.7 Å². The smallest absolute Gasteiger partial charge is 0.138 e. The van der Waals surface area contributed by atoms with Gasteiger partial charge in [-0.25, -0.2) is 19.9 Å². The van der Waals surface area contributed by atoms with Gasteiger partial charge in [-0.3, -0.25) is 0 Å². The maximum atomic E-state index is 9.98. The molecule has 0 bridgehead atoms. The van der Waals surface area contributed by atoms with E-state index in [1.165, 1.54) is 133 Å². The van der Waals surface area contributed by atoms with Gasteiger partial charge in [0.25, 0.3) is 0 Å². The van der Waals surface area contributed by atoms with Crippen molar-refractivity contribution in [2.75, 3.05) is 10.6 Å². The summed E-state index contributed by atoms with van der Waals surface area (Å²) in [6.07, 6.45) is 28.4. The first kappa shape index (κ1) is 41.5. The van der Waals surface area contributed by atoms with Crippen molar-refractivity contribution in [3.05, 3.63) is 105 Å². The van der Waals surface area contributed by atoms with Crippen molar-refractivity contribution in [3.8, 4) is 0 Å². The van der Waals surface area contributed by atoms with E-state index < -0.39 is 0 Å². The second-order valence-corrected chi connectivity index (χ2v) is 19.2. The Morgan fingerprint density at radius 1 is 0.610 bits per heavy atom. The van der Waals surface area contributed by atoms with Crippen molar-refractivity contribution < 1.29 is 4.79 Å². The Balaban J connectivity index is 0.000000139. The predicted molar refractivity (Wildman–Crippen MR) is 247 cm³/mol. The Bertz CT molecular complexity index is 2220. The Morgan fingerprint density at radius 2 is 1.12 bits per heavy atom. The fraction of sp³-hybridized carbons (Fsp3) is 0.490. The van der Waals surface area contributed by atoms with E-state index in [4.69, 9.17) is 5.73 Å². The average molecular weight is 828 g/mol. The highest BCUT2D eigenvalue weighted by atomic mass is 32.1. The van der Waals surface area contributed by atoms with E-state index in [9.17, 15) is 4.79 Å². The van der Waals surface area contributed by atoms with Crippen molar-refractivity contribution in [1.82, 2.24) is 19.9 Å². The highest BCUT2D eigenvalue weighted by Gasteiger charge is 2.26. The van der Waals surface area contributed by atoms with Gasteiger partial charge in [-0.1, -0.05) is 73.5 Å². The molecule has 4 heterocycles. The summed E-state index contributed by atoms with van der Waals surface area (Å²) in [5.41, 5.74) is 11.7. The number of aldehydes is 1. The number of benzene rings is 2. The van der Waals surface area contributed by atoms with Crippen LogP contribution in [-0.4, -0.2) is 44.3 Å². The summed E-state index contributed by atoms with van der Waals surface area (Å²) in [7, 11) is 0. The molecule has 310 valence electrons. The second kappa shape index (κ2) is 20.8. The molecule has 2 saturated carbocycles. The molecule has 2 aromatic carbocycles. The van der Waals surface area contributed by atoms with Gasteiger partial charge in [0.05, 0.1) is 10.8 Å². The zero-order valence-electron chi connectivity index (χ0n) is 34.5. The Morgan fingerprint density at radius 3 is 1.64 bits per heavy atom. The van der Waals surface area contributed by atoms with Crippen molar-refractivity contribution >= 4 is 61.0 Å². The van der Waals surface area contributed by atoms with Crippen LogP contribution in [0, 0.1) is 5.92 Å². The number of hydrogen-bond acceptors (Lipinski definition) is 10. The van der Waals surface area contributed by atoms with Crippen LogP contribution in [0.15, 0.2) is 73.3 Å². The zero-order chi connectivity index (χ0) is 40.2. The molecule has 8 nitrogen and oxygen atoms in total. The number of nitrogens with one attached hydrogen (secondary N) is 2. The number of carbonyl (C=O) groups is 1. The topological polar surface area (TPSA) is 119 Å². The Labute approximate surface area is 358 Å². The van der Waals surface area contributed by atoms with E-state index in [0.29, 0.717) is 24.5 Å². The number of unbranched alkanes of at least 4 members (excludes halogenated alkanes) is 1. The highest BCUT2D eigenvalue weighted by molar-refractivity contribution is 7.19. The number of thiophene rings is 2. The molecule has 59 heavy (non-hydrogen) atoms. The lowest BCUT2D eigenvalue weighted by Crippen LogP contribution is -2.33. The number of anilines is 2. The van der Waals surface area contributed by atoms with Crippen LogP contribution in [0.5, 0.6) is 0 Å². The van der Waals surface area contributed by atoms with Gasteiger partial charge in [-0.15, -0.1) is 22.7 Å². The second-order valence-electron chi connectivity index (χ2n) is 17.1. The average Bonchev–Trinajstić information content (AvgIpc) is 4.07. The first-order valence-electron chi connectivity index (χ1n) is 22.4. The first-order chi connectivity index (χ1) is 29.1. The molecule has 4 aliphatic carbocycles. The maximum Gasteiger partial charge on any atom is 0.138 e. The van der Waals surface area contributed by atoms with Gasteiger partial charge in [-0.2, -0.15) is 0 Å². The molecule has 0 aliphatic heterocycles. The third-order valence-electron chi connectivity index (χ3n) is 12.9. The summed E-state index contributed by atoms with van der Waals surface area (Å²) in [4.78, 5) is 33.5. The van der Waals surface area contributed by atoms with Crippen molar-refractivity contribution in [3.63, 3.8) is 0 Å². The molecule has 0 radical (unpaired) electrons. The minimum Gasteiger partial charge on any atom is -0.367 e. The van der Waals surface area contributed by atoms with E-state index in [0.717, 1.165) is 60.8 Å². The van der Waals surface area contributed by atoms with Crippen LogP contribution in [0.4, 0.5) is 11.6 Å². The molecule has 4 aromatic heterocycles. The molecule has 6 aromatic rings. The molecule has 2 fully saturated rings. The molecule has 10 rings (SSSR count). The molecular formula is C49H61N7OS2. The minimum atomic E-state index is 0.392. The third-order valence-corrected chi connectivity index (χ3v) is 15.3. The number of nitrogens with zero attached hydrogens (tertiary/aromatic N) is 4. The molecule has 0 unspecified atom stereocenters. The van der Waals surface area contributed by atoms with Crippen LogP contribution in [0.2, 0.25) is 0 Å². The molecule has 0 spiro atoms. The van der Waals surface area contributed by atoms with Gasteiger partial charge in [0.1, 0.15) is 40.2 Å². The SMILES string of the molecule is NC1CCC(Nc2ncnc3sc4c(c23)CCC4)CC1.O=CCCc1ccccc1.c1ccc(CCCCC2CCC(Nc3ncnc4sc5c(c34)CCC5)CC2)cc1. The number of carbonyl (C=O) groups excluding carboxylic acids is 1. The largest absolute Gasteiger partial charge is 0.367 e. The lowest BCUT2D eigenvalue weighted by molar-refractivity contribution is -0.107. The summed E-state index contributed by atoms with van der Waals surface area (Å²) in [5, 5.41) is 10.1. The van der Waals surface area contributed by atoms with Gasteiger partial charge >= 0.3 is 0 Å². The number of nitrogens with two attached hydrogens (primary N) is 1. The number of rotatable bonds is 12. The van der Waals surface area contributed by atoms with Crippen LogP contribution in [0.3, 0.4) is 0 Å². The van der Waals surface area contributed by atoms with E-state index in [1.54, 1.807) is 17.5 Å². The summed E-state index contributed by atoms with van der Waals surface area (Å²) in [5.74, 6) is 3.07. The third kappa shape index (κ3) is 10.9. The summed E-state index contributed by atoms with van der Waals surface area (Å²) >= 11 is 3.73. The van der Waals surface area contributed by atoms with Crippen molar-refractivity contribution in [2.24, 2.45) is 11.7 Å². The molecule has 0 saturated heterocycles. The Hall–Kier alpha value is -4.25. The van der Waals surface area contributed by atoms with Gasteiger partial charge in [-0.05, 0) is 137 Å². The first-order valence-corrected chi connectivity index (χ1v) is 24.0. The Kier molecular flexibility index (Phi) is 14.6. The standard InChI is InChI=1S/C25H31N3S.C15H20N4S.C9H10O/c1-2-7-18(8-3-1)9-4-5-10-19-13-15-20(16-14-19)28-24-23-21-11-6-12-22(21)29-25(23)27-17-26-24;16-9-4-6-10(7-5-9)19-14-13-11-2-1-3-12(11)20-15(13)18-8-17-14;10-8-4-7-9-5-2-1-3-6-9/h1-3,7-8,17,19-20H,4-6,9-16H2,(H,26,27,28);8-10H,1-7,16H2,(H,17,18,19);1-3,5-6,8H,4,7H2. The fourth-order valence-corrected chi connectivity index (χ4v) is 12.1. The molecule has 4 aliphatic rings. The van der Waals surface area contributed by atoms with E-state index in [2.05, 4.69) is 60.9 Å². The van der Waals surface area contributed by atoms with Gasteiger partial charge < -0.3 is 21.2 Å². The minimum absolute atomic E-state index is 0.392. The zero-order valence-corrected chi connectivity index (χ0v) is 36.2. The summed E-state index contributed by atoms with van der Waals surface area (Å²) < 4.78 is 0. The normalized spacial score (nSPS) is 20.8. The lowest BCUT2D eigenvalue weighted by Gasteiger charge is -2.29. The summed E-state index contributed by atoms with van der Waals surface area (Å²) in [6.45, 7) is 0. The molecule has 0 atom stereocenters.